The van der Waals surface area contributed by atoms with Crippen molar-refractivity contribution in [2.45, 2.75) is 31.2 Å². The summed E-state index contributed by atoms with van der Waals surface area (Å²) < 4.78 is 0. The maximum absolute atomic E-state index is 12.3. The van der Waals surface area contributed by atoms with Crippen LogP contribution >= 0.6 is 11.8 Å². The highest BCUT2D eigenvalue weighted by Gasteiger charge is 2.17. The Kier molecular flexibility index (Phi) is 4.87. The third-order valence-electron chi connectivity index (χ3n) is 3.26. The van der Waals surface area contributed by atoms with E-state index < -0.39 is 5.25 Å². The number of nitrogen functional groups attached to an aromatic ring is 1. The molecular formula is C15H18N4O2S. The van der Waals surface area contributed by atoms with Gasteiger partial charge >= 0.3 is 0 Å². The molecule has 1 heterocycles. The Hall–Kier alpha value is -2.28. The van der Waals surface area contributed by atoms with Gasteiger partial charge in [-0.3, -0.25) is 9.59 Å². The van der Waals surface area contributed by atoms with Gasteiger partial charge in [0.2, 0.25) is 5.91 Å². The molecule has 1 atom stereocenters. The van der Waals surface area contributed by atoms with E-state index in [2.05, 4.69) is 15.3 Å². The summed E-state index contributed by atoms with van der Waals surface area (Å²) in [5.74, 6) is -0.0304. The molecule has 0 aliphatic heterocycles. The van der Waals surface area contributed by atoms with E-state index in [0.717, 1.165) is 28.6 Å². The average Bonchev–Trinajstić information content (AvgIpc) is 2.42. The summed E-state index contributed by atoms with van der Waals surface area (Å²) in [6.45, 7) is 5.69. The number of nitrogens with one attached hydrogen (secondary N) is 2. The molecule has 22 heavy (non-hydrogen) atoms. The average molecular weight is 318 g/mol. The van der Waals surface area contributed by atoms with Gasteiger partial charge in [0, 0.05) is 11.8 Å². The molecule has 0 spiro atoms. The Bertz CT molecular complexity index is 757. The molecule has 0 saturated carbocycles. The first-order valence-corrected chi connectivity index (χ1v) is 7.65. The van der Waals surface area contributed by atoms with Gasteiger partial charge in [-0.05, 0) is 38.0 Å². The quantitative estimate of drug-likeness (QED) is 0.592. The van der Waals surface area contributed by atoms with Crippen LogP contribution in [0.25, 0.3) is 0 Å². The number of benzene rings is 1. The zero-order chi connectivity index (χ0) is 16.3. The predicted octanol–water partition coefficient (Wildman–Crippen LogP) is 2.09. The lowest BCUT2D eigenvalue weighted by atomic mass is 10.1. The van der Waals surface area contributed by atoms with Gasteiger partial charge in [-0.25, -0.2) is 4.98 Å². The van der Waals surface area contributed by atoms with Crippen LogP contribution in [-0.2, 0) is 4.79 Å². The van der Waals surface area contributed by atoms with Gasteiger partial charge in [0.05, 0.1) is 5.25 Å². The molecule has 0 bridgehead atoms. The van der Waals surface area contributed by atoms with Crippen molar-refractivity contribution >= 4 is 29.2 Å². The normalized spacial score (nSPS) is 12.0. The lowest BCUT2D eigenvalue weighted by Gasteiger charge is -2.14. The summed E-state index contributed by atoms with van der Waals surface area (Å²) >= 11 is 1.15. The maximum atomic E-state index is 12.3. The largest absolute Gasteiger partial charge is 0.383 e. The van der Waals surface area contributed by atoms with E-state index in [4.69, 9.17) is 5.73 Å². The van der Waals surface area contributed by atoms with Gasteiger partial charge in [-0.2, -0.15) is 0 Å². The Labute approximate surface area is 132 Å². The number of rotatable bonds is 4. The van der Waals surface area contributed by atoms with E-state index in [1.54, 1.807) is 6.92 Å². The molecule has 0 radical (unpaired) electrons. The van der Waals surface area contributed by atoms with Crippen molar-refractivity contribution in [1.29, 1.82) is 0 Å². The number of hydrogen-bond donors (Lipinski definition) is 3. The van der Waals surface area contributed by atoms with Crippen LogP contribution in [0.15, 0.2) is 34.2 Å². The zero-order valence-corrected chi connectivity index (χ0v) is 13.5. The first kappa shape index (κ1) is 16.1. The van der Waals surface area contributed by atoms with E-state index in [1.165, 1.54) is 6.07 Å². The van der Waals surface area contributed by atoms with Crippen LogP contribution in [0.5, 0.6) is 0 Å². The molecule has 0 fully saturated rings. The number of carbonyl (C=O) groups is 1. The number of carbonyl (C=O) groups excluding carboxylic acids is 1. The van der Waals surface area contributed by atoms with Crippen molar-refractivity contribution < 1.29 is 4.79 Å². The topological polar surface area (TPSA) is 101 Å². The Morgan fingerprint density at radius 3 is 2.82 bits per heavy atom. The van der Waals surface area contributed by atoms with Crippen molar-refractivity contribution in [3.8, 4) is 0 Å². The smallest absolute Gasteiger partial charge is 0.253 e. The molecule has 4 N–H and O–H groups in total. The van der Waals surface area contributed by atoms with Crippen molar-refractivity contribution in [3.05, 3.63) is 45.7 Å². The minimum atomic E-state index is -0.426. The predicted molar refractivity (Wildman–Crippen MR) is 89.1 cm³/mol. The Morgan fingerprint density at radius 1 is 1.41 bits per heavy atom. The lowest BCUT2D eigenvalue weighted by Crippen LogP contribution is -2.23. The molecule has 1 aromatic carbocycles. The molecule has 2 rings (SSSR count). The number of aromatic amines is 1. The molecule has 0 aliphatic rings. The summed E-state index contributed by atoms with van der Waals surface area (Å²) in [4.78, 5) is 30.2. The fraction of sp³-hybridized carbons (Fsp3) is 0.267. The van der Waals surface area contributed by atoms with Crippen molar-refractivity contribution in [2.24, 2.45) is 0 Å². The molecule has 2 aromatic rings. The Morgan fingerprint density at radius 2 is 2.14 bits per heavy atom. The number of anilines is 2. The number of aryl methyl sites for hydroxylation is 1. The van der Waals surface area contributed by atoms with Crippen LogP contribution in [-0.4, -0.2) is 21.1 Å². The van der Waals surface area contributed by atoms with E-state index in [0.29, 0.717) is 5.16 Å². The SMILES string of the molecule is Cc1cccc(NC(=O)[C@H](C)Sc2nc(N)cc(=O)[nH]2)c1C. The van der Waals surface area contributed by atoms with E-state index in [9.17, 15) is 9.59 Å². The number of aromatic nitrogens is 2. The monoisotopic (exact) mass is 318 g/mol. The van der Waals surface area contributed by atoms with Crippen LogP contribution < -0.4 is 16.6 Å². The molecule has 1 aromatic heterocycles. The minimum absolute atomic E-state index is 0.133. The summed E-state index contributed by atoms with van der Waals surface area (Å²) in [6, 6.07) is 6.94. The fourth-order valence-electron chi connectivity index (χ4n) is 1.85. The number of amides is 1. The van der Waals surface area contributed by atoms with Gasteiger partial charge < -0.3 is 16.0 Å². The highest BCUT2D eigenvalue weighted by molar-refractivity contribution is 8.00. The van der Waals surface area contributed by atoms with Crippen LogP contribution in [0.3, 0.4) is 0 Å². The number of H-pyrrole nitrogens is 1. The van der Waals surface area contributed by atoms with Crippen molar-refractivity contribution in [2.75, 3.05) is 11.1 Å². The van der Waals surface area contributed by atoms with Crippen LogP contribution in [0.1, 0.15) is 18.1 Å². The molecule has 0 saturated heterocycles. The summed E-state index contributed by atoms with van der Waals surface area (Å²) in [6.07, 6.45) is 0. The van der Waals surface area contributed by atoms with Crippen LogP contribution in [0.4, 0.5) is 11.5 Å². The molecule has 0 unspecified atom stereocenters. The first-order valence-electron chi connectivity index (χ1n) is 6.77. The number of hydrogen-bond acceptors (Lipinski definition) is 5. The second-order valence-electron chi connectivity index (χ2n) is 4.97. The molecule has 1 amide bonds. The molecular weight excluding hydrogens is 300 g/mol. The first-order chi connectivity index (χ1) is 10.4. The third kappa shape index (κ3) is 3.88. The van der Waals surface area contributed by atoms with Gasteiger partial charge in [-0.15, -0.1) is 0 Å². The number of nitrogens with two attached hydrogens (primary N) is 1. The lowest BCUT2D eigenvalue weighted by molar-refractivity contribution is -0.115. The zero-order valence-electron chi connectivity index (χ0n) is 12.6. The maximum Gasteiger partial charge on any atom is 0.253 e. The van der Waals surface area contributed by atoms with Gasteiger partial charge in [0.25, 0.3) is 5.56 Å². The van der Waals surface area contributed by atoms with Gasteiger partial charge in [-0.1, -0.05) is 23.9 Å². The standard InChI is InChI=1S/C15H18N4O2S/c1-8-5-4-6-11(9(8)2)17-14(21)10(3)22-15-18-12(16)7-13(20)19-15/h4-7,10H,1-3H3,(H,17,21)(H3,16,18,19,20)/t10-/m0/s1. The minimum Gasteiger partial charge on any atom is -0.383 e. The van der Waals surface area contributed by atoms with E-state index in [1.807, 2.05) is 32.0 Å². The molecule has 7 heteroatoms. The highest BCUT2D eigenvalue weighted by atomic mass is 32.2. The molecule has 116 valence electrons. The van der Waals surface area contributed by atoms with E-state index in [-0.39, 0.29) is 17.3 Å². The highest BCUT2D eigenvalue weighted by Crippen LogP contribution is 2.22. The van der Waals surface area contributed by atoms with E-state index >= 15 is 0 Å². The second-order valence-corrected chi connectivity index (χ2v) is 6.30. The molecule has 0 aliphatic carbocycles. The third-order valence-corrected chi connectivity index (χ3v) is 4.24. The summed E-state index contributed by atoms with van der Waals surface area (Å²) in [5.41, 5.74) is 8.12. The van der Waals surface area contributed by atoms with Crippen LogP contribution in [0, 0.1) is 13.8 Å². The van der Waals surface area contributed by atoms with Gasteiger partial charge in [0.15, 0.2) is 5.16 Å². The van der Waals surface area contributed by atoms with Crippen molar-refractivity contribution in [1.82, 2.24) is 9.97 Å². The van der Waals surface area contributed by atoms with Crippen molar-refractivity contribution in [3.63, 3.8) is 0 Å². The summed E-state index contributed by atoms with van der Waals surface area (Å²) in [5, 5.41) is 2.79. The van der Waals surface area contributed by atoms with Gasteiger partial charge in [0.1, 0.15) is 5.82 Å². The Balaban J connectivity index is 2.09. The number of thioether (sulfide) groups is 1. The summed E-state index contributed by atoms with van der Waals surface area (Å²) in [7, 11) is 0. The molecule has 6 nitrogen and oxygen atoms in total. The second kappa shape index (κ2) is 6.65. The number of nitrogens with zero attached hydrogens (tertiary/aromatic N) is 1. The van der Waals surface area contributed by atoms with Crippen LogP contribution in [0.2, 0.25) is 0 Å². The fourth-order valence-corrected chi connectivity index (χ4v) is 2.67.